The molecule has 0 fully saturated rings. The lowest BCUT2D eigenvalue weighted by Gasteiger charge is -2.18. The monoisotopic (exact) mass is 301 g/mol. The van der Waals surface area contributed by atoms with Crippen molar-refractivity contribution in [1.29, 1.82) is 0 Å². The van der Waals surface area contributed by atoms with Gasteiger partial charge in [0.15, 0.2) is 0 Å². The Balaban J connectivity index is 1.90. The van der Waals surface area contributed by atoms with E-state index >= 15 is 0 Å². The molecule has 0 radical (unpaired) electrons. The van der Waals surface area contributed by atoms with Crippen molar-refractivity contribution in [1.82, 2.24) is 24.6 Å². The van der Waals surface area contributed by atoms with Crippen LogP contribution in [-0.2, 0) is 19.4 Å². The van der Waals surface area contributed by atoms with Crippen LogP contribution in [-0.4, -0.2) is 51.9 Å². The van der Waals surface area contributed by atoms with Crippen molar-refractivity contribution >= 4 is 0 Å². The van der Waals surface area contributed by atoms with Gasteiger partial charge in [-0.1, -0.05) is 0 Å². The van der Waals surface area contributed by atoms with Gasteiger partial charge in [0.1, 0.15) is 0 Å². The lowest BCUT2D eigenvalue weighted by molar-refractivity contribution is 0.312. The fraction of sp³-hybridized carbons (Fsp3) is 0.562. The third-order valence-corrected chi connectivity index (χ3v) is 3.89. The van der Waals surface area contributed by atoms with E-state index in [0.717, 1.165) is 43.7 Å². The highest BCUT2D eigenvalue weighted by molar-refractivity contribution is 5.65. The van der Waals surface area contributed by atoms with E-state index in [-0.39, 0.29) is 0 Å². The molecule has 1 aliphatic rings. The Hall–Kier alpha value is -1.95. The van der Waals surface area contributed by atoms with Gasteiger partial charge in [-0.2, -0.15) is 10.1 Å². The van der Waals surface area contributed by atoms with Crippen LogP contribution in [0.5, 0.6) is 6.01 Å². The molecule has 6 heteroatoms. The predicted molar refractivity (Wildman–Crippen MR) is 85.0 cm³/mol. The molecule has 0 atom stereocenters. The average Bonchev–Trinajstić information content (AvgIpc) is 2.91. The smallest absolute Gasteiger partial charge is 0.316 e. The van der Waals surface area contributed by atoms with E-state index in [2.05, 4.69) is 38.7 Å². The molecule has 0 unspecified atom stereocenters. The first-order valence-electron chi connectivity index (χ1n) is 7.87. The van der Waals surface area contributed by atoms with Gasteiger partial charge in [0, 0.05) is 18.3 Å². The summed E-state index contributed by atoms with van der Waals surface area (Å²) < 4.78 is 7.54. The molecule has 0 saturated heterocycles. The van der Waals surface area contributed by atoms with Crippen molar-refractivity contribution in [3.8, 4) is 17.4 Å². The Labute approximate surface area is 131 Å². The Morgan fingerprint density at radius 3 is 2.82 bits per heavy atom. The number of nitrogens with zero attached hydrogens (tertiary/aromatic N) is 5. The van der Waals surface area contributed by atoms with Gasteiger partial charge in [0.2, 0.25) is 0 Å². The van der Waals surface area contributed by atoms with Crippen LogP contribution in [0.25, 0.3) is 11.4 Å². The van der Waals surface area contributed by atoms with Crippen molar-refractivity contribution in [2.75, 3.05) is 27.2 Å². The molecule has 0 spiro atoms. The molecule has 0 N–H and O–H groups in total. The van der Waals surface area contributed by atoms with E-state index in [1.54, 1.807) is 0 Å². The SMILES string of the molecule is CCOc1ncc2c(n1)-c1c(cnn1CCCN(C)C)CC2. The highest BCUT2D eigenvalue weighted by atomic mass is 16.5. The van der Waals surface area contributed by atoms with Crippen LogP contribution in [0.1, 0.15) is 24.5 Å². The molecule has 0 bridgehead atoms. The summed E-state index contributed by atoms with van der Waals surface area (Å²) >= 11 is 0. The summed E-state index contributed by atoms with van der Waals surface area (Å²) in [4.78, 5) is 11.1. The van der Waals surface area contributed by atoms with Crippen molar-refractivity contribution < 1.29 is 4.74 Å². The topological polar surface area (TPSA) is 56.1 Å². The van der Waals surface area contributed by atoms with E-state index in [9.17, 15) is 0 Å². The number of aromatic nitrogens is 4. The molecule has 22 heavy (non-hydrogen) atoms. The van der Waals surface area contributed by atoms with Crippen molar-refractivity contribution in [3.05, 3.63) is 23.5 Å². The second-order valence-corrected chi connectivity index (χ2v) is 5.86. The summed E-state index contributed by atoms with van der Waals surface area (Å²) in [6, 6.07) is 0.454. The van der Waals surface area contributed by atoms with Crippen LogP contribution in [0, 0.1) is 0 Å². The average molecular weight is 301 g/mol. The van der Waals surface area contributed by atoms with Crippen LogP contribution in [0.4, 0.5) is 0 Å². The molecule has 2 heterocycles. The Morgan fingerprint density at radius 2 is 2.05 bits per heavy atom. The Bertz CT molecular complexity index is 650. The van der Waals surface area contributed by atoms with Gasteiger partial charge in [0.25, 0.3) is 0 Å². The first-order valence-corrected chi connectivity index (χ1v) is 7.87. The number of hydrogen-bond acceptors (Lipinski definition) is 5. The summed E-state index contributed by atoms with van der Waals surface area (Å²) in [5.74, 6) is 0. The van der Waals surface area contributed by atoms with E-state index < -0.39 is 0 Å². The van der Waals surface area contributed by atoms with Gasteiger partial charge in [-0.3, -0.25) is 4.68 Å². The molecule has 0 saturated carbocycles. The van der Waals surface area contributed by atoms with E-state index in [0.29, 0.717) is 12.6 Å². The summed E-state index contributed by atoms with van der Waals surface area (Å²) in [6.45, 7) is 4.48. The molecule has 0 aromatic carbocycles. The predicted octanol–water partition coefficient (Wildman–Crippen LogP) is 1.79. The van der Waals surface area contributed by atoms with E-state index in [4.69, 9.17) is 4.74 Å². The molecule has 0 aliphatic heterocycles. The zero-order valence-electron chi connectivity index (χ0n) is 13.5. The largest absolute Gasteiger partial charge is 0.464 e. The number of aryl methyl sites for hydroxylation is 3. The van der Waals surface area contributed by atoms with Gasteiger partial charge >= 0.3 is 6.01 Å². The third-order valence-electron chi connectivity index (χ3n) is 3.89. The van der Waals surface area contributed by atoms with Gasteiger partial charge in [-0.25, -0.2) is 4.98 Å². The van der Waals surface area contributed by atoms with Crippen molar-refractivity contribution in [3.63, 3.8) is 0 Å². The zero-order chi connectivity index (χ0) is 15.5. The van der Waals surface area contributed by atoms with Crippen molar-refractivity contribution in [2.45, 2.75) is 32.7 Å². The summed E-state index contributed by atoms with van der Waals surface area (Å²) in [5, 5.41) is 4.57. The van der Waals surface area contributed by atoms with E-state index in [1.807, 2.05) is 19.3 Å². The maximum absolute atomic E-state index is 5.46. The second kappa shape index (κ2) is 6.44. The number of hydrogen-bond donors (Lipinski definition) is 0. The molecular weight excluding hydrogens is 278 g/mol. The molecule has 0 amide bonds. The Kier molecular flexibility index (Phi) is 4.38. The number of ether oxygens (including phenoxy) is 1. The van der Waals surface area contributed by atoms with Crippen molar-refractivity contribution in [2.24, 2.45) is 0 Å². The maximum Gasteiger partial charge on any atom is 0.316 e. The van der Waals surface area contributed by atoms with Gasteiger partial charge in [-0.05, 0) is 52.4 Å². The fourth-order valence-electron chi connectivity index (χ4n) is 2.83. The zero-order valence-corrected chi connectivity index (χ0v) is 13.5. The van der Waals surface area contributed by atoms with Gasteiger partial charge in [0.05, 0.1) is 24.2 Å². The third kappa shape index (κ3) is 2.97. The normalized spacial score (nSPS) is 13.1. The molecule has 3 rings (SSSR count). The summed E-state index contributed by atoms with van der Waals surface area (Å²) in [6.07, 6.45) is 6.93. The Morgan fingerprint density at radius 1 is 1.23 bits per heavy atom. The first kappa shape index (κ1) is 15.0. The summed E-state index contributed by atoms with van der Waals surface area (Å²) in [7, 11) is 4.19. The number of rotatable bonds is 6. The quantitative estimate of drug-likeness (QED) is 0.814. The molecule has 6 nitrogen and oxygen atoms in total. The molecule has 2 aromatic rings. The van der Waals surface area contributed by atoms with Gasteiger partial charge < -0.3 is 9.64 Å². The maximum atomic E-state index is 5.46. The minimum atomic E-state index is 0.454. The lowest BCUT2D eigenvalue weighted by atomic mass is 9.95. The molecular formula is C16H23N5O. The van der Waals surface area contributed by atoms with Gasteiger partial charge in [-0.15, -0.1) is 0 Å². The first-order chi connectivity index (χ1) is 10.7. The molecule has 1 aliphatic carbocycles. The molecule has 2 aromatic heterocycles. The van der Waals surface area contributed by atoms with E-state index in [1.165, 1.54) is 11.1 Å². The molecule has 118 valence electrons. The van der Waals surface area contributed by atoms with Crippen LogP contribution in [0.15, 0.2) is 12.4 Å². The van der Waals surface area contributed by atoms with Crippen LogP contribution in [0.2, 0.25) is 0 Å². The fourth-order valence-corrected chi connectivity index (χ4v) is 2.83. The second-order valence-electron chi connectivity index (χ2n) is 5.86. The van der Waals surface area contributed by atoms with Crippen LogP contribution in [0.3, 0.4) is 0 Å². The highest BCUT2D eigenvalue weighted by Crippen LogP contribution is 2.32. The number of fused-ring (bicyclic) bond motifs is 3. The summed E-state index contributed by atoms with van der Waals surface area (Å²) in [5.41, 5.74) is 4.59. The minimum Gasteiger partial charge on any atom is -0.464 e. The standard InChI is InChI=1S/C16H23N5O/c1-4-22-16-17-10-12-6-7-13-11-18-21(9-5-8-20(2)3)15(13)14(12)19-16/h10-11H,4-9H2,1-3H3. The highest BCUT2D eigenvalue weighted by Gasteiger charge is 2.23. The van der Waals surface area contributed by atoms with Crippen LogP contribution < -0.4 is 4.74 Å². The minimum absolute atomic E-state index is 0.454. The van der Waals surface area contributed by atoms with Crippen LogP contribution >= 0.6 is 0 Å². The lowest BCUT2D eigenvalue weighted by Crippen LogP contribution is -2.17.